The molecule has 1 amide bonds. The zero-order valence-electron chi connectivity index (χ0n) is 13.6. The van der Waals surface area contributed by atoms with E-state index in [1.54, 1.807) is 0 Å². The smallest absolute Gasteiger partial charge is 0.251 e. The first kappa shape index (κ1) is 15.8. The van der Waals surface area contributed by atoms with Gasteiger partial charge >= 0.3 is 0 Å². The molecule has 4 nitrogen and oxygen atoms in total. The van der Waals surface area contributed by atoms with E-state index in [1.807, 2.05) is 12.1 Å². The van der Waals surface area contributed by atoms with Gasteiger partial charge in [0.25, 0.3) is 5.91 Å². The normalized spacial score (nSPS) is 20.4. The van der Waals surface area contributed by atoms with E-state index >= 15 is 0 Å². The average molecular weight is 289 g/mol. The molecule has 1 heterocycles. The molecule has 1 aliphatic carbocycles. The van der Waals surface area contributed by atoms with Crippen molar-refractivity contribution < 1.29 is 4.79 Å². The van der Waals surface area contributed by atoms with Gasteiger partial charge in [0, 0.05) is 23.8 Å². The summed E-state index contributed by atoms with van der Waals surface area (Å²) in [4.78, 5) is 17.0. The second-order valence-corrected chi connectivity index (χ2v) is 6.23. The van der Waals surface area contributed by atoms with E-state index in [0.717, 1.165) is 37.3 Å². The number of anilines is 1. The topological polar surface area (TPSA) is 54.0 Å². The molecule has 1 aliphatic rings. The molecule has 4 heteroatoms. The molecule has 2 rings (SSSR count). The number of aromatic nitrogens is 1. The Balaban J connectivity index is 2.12. The van der Waals surface area contributed by atoms with E-state index < -0.39 is 0 Å². The number of carbonyl (C=O) groups is 1. The van der Waals surface area contributed by atoms with E-state index in [1.165, 1.54) is 0 Å². The molecule has 1 saturated carbocycles. The fourth-order valence-electron chi connectivity index (χ4n) is 2.45. The molecule has 0 aromatic carbocycles. The van der Waals surface area contributed by atoms with Crippen LogP contribution in [0.15, 0.2) is 12.1 Å². The summed E-state index contributed by atoms with van der Waals surface area (Å²) in [7, 11) is 0. The third-order valence-corrected chi connectivity index (χ3v) is 4.02. The van der Waals surface area contributed by atoms with E-state index in [-0.39, 0.29) is 5.91 Å². The minimum absolute atomic E-state index is 0.0276. The van der Waals surface area contributed by atoms with E-state index in [0.29, 0.717) is 23.4 Å². The molecule has 0 spiro atoms. The first-order chi connectivity index (χ1) is 10.0. The monoisotopic (exact) mass is 289 g/mol. The number of nitrogens with zero attached hydrogens (tertiary/aromatic N) is 1. The summed E-state index contributed by atoms with van der Waals surface area (Å²) in [5.74, 6) is 1.80. The highest BCUT2D eigenvalue weighted by Crippen LogP contribution is 2.33. The number of rotatable bonds is 7. The van der Waals surface area contributed by atoms with Crippen molar-refractivity contribution in [1.82, 2.24) is 10.3 Å². The van der Waals surface area contributed by atoms with Crippen molar-refractivity contribution in [2.24, 2.45) is 5.92 Å². The van der Waals surface area contributed by atoms with Crippen LogP contribution in [-0.4, -0.2) is 23.5 Å². The molecule has 2 atom stereocenters. The molecule has 1 aromatic rings. The highest BCUT2D eigenvalue weighted by molar-refractivity contribution is 5.95. The predicted octanol–water partition coefficient (Wildman–Crippen LogP) is 3.56. The standard InChI is InChI=1S/C17H27N3O/c1-5-7-18-16-10-13(9-14(19-16)11(3)4)17(21)20-15-8-12(15)6-2/h9-12,15H,5-8H2,1-4H3,(H,18,19)(H,20,21). The Kier molecular flexibility index (Phi) is 5.21. The lowest BCUT2D eigenvalue weighted by molar-refractivity contribution is 0.0949. The molecule has 0 bridgehead atoms. The Bertz CT molecular complexity index is 499. The minimum atomic E-state index is 0.0276. The third-order valence-electron chi connectivity index (χ3n) is 4.02. The number of pyridine rings is 1. The van der Waals surface area contributed by atoms with Crippen LogP contribution in [0, 0.1) is 5.92 Å². The van der Waals surface area contributed by atoms with Crippen LogP contribution in [0.25, 0.3) is 0 Å². The van der Waals surface area contributed by atoms with Gasteiger partial charge in [-0.3, -0.25) is 4.79 Å². The maximum atomic E-state index is 12.4. The van der Waals surface area contributed by atoms with Crippen molar-refractivity contribution in [1.29, 1.82) is 0 Å². The van der Waals surface area contributed by atoms with Crippen molar-refractivity contribution >= 4 is 11.7 Å². The van der Waals surface area contributed by atoms with Gasteiger partial charge in [0.05, 0.1) is 0 Å². The molecular weight excluding hydrogens is 262 g/mol. The molecular formula is C17H27N3O. The van der Waals surface area contributed by atoms with E-state index in [9.17, 15) is 4.79 Å². The predicted molar refractivity (Wildman–Crippen MR) is 86.8 cm³/mol. The Labute approximate surface area is 127 Å². The number of nitrogens with one attached hydrogen (secondary N) is 2. The summed E-state index contributed by atoms with van der Waals surface area (Å²) in [6.07, 6.45) is 3.29. The van der Waals surface area contributed by atoms with Gasteiger partial charge in [0.2, 0.25) is 0 Å². The third kappa shape index (κ3) is 4.19. The van der Waals surface area contributed by atoms with E-state index in [4.69, 9.17) is 0 Å². The first-order valence-electron chi connectivity index (χ1n) is 8.11. The molecule has 0 aliphatic heterocycles. The van der Waals surface area contributed by atoms with Crippen molar-refractivity contribution in [3.8, 4) is 0 Å². The highest BCUT2D eigenvalue weighted by Gasteiger charge is 2.36. The van der Waals surface area contributed by atoms with Gasteiger partial charge in [0.1, 0.15) is 5.82 Å². The minimum Gasteiger partial charge on any atom is -0.370 e. The molecule has 1 aromatic heterocycles. The number of hydrogen-bond acceptors (Lipinski definition) is 3. The summed E-state index contributed by atoms with van der Waals surface area (Å²) >= 11 is 0. The lowest BCUT2D eigenvalue weighted by atomic mass is 10.1. The van der Waals surface area contributed by atoms with Gasteiger partial charge < -0.3 is 10.6 Å². The number of amides is 1. The molecule has 0 radical (unpaired) electrons. The Hall–Kier alpha value is -1.58. The van der Waals surface area contributed by atoms with Crippen LogP contribution in [0.1, 0.15) is 68.9 Å². The molecule has 0 saturated heterocycles. The zero-order valence-corrected chi connectivity index (χ0v) is 13.6. The van der Waals surface area contributed by atoms with Crippen LogP contribution in [-0.2, 0) is 0 Å². The van der Waals surface area contributed by atoms with Gasteiger partial charge in [-0.2, -0.15) is 0 Å². The second kappa shape index (κ2) is 6.92. The van der Waals surface area contributed by atoms with Crippen LogP contribution >= 0.6 is 0 Å². The van der Waals surface area contributed by atoms with Gasteiger partial charge in [-0.1, -0.05) is 34.1 Å². The fraction of sp³-hybridized carbons (Fsp3) is 0.647. The van der Waals surface area contributed by atoms with Crippen LogP contribution in [0.2, 0.25) is 0 Å². The van der Waals surface area contributed by atoms with Crippen molar-refractivity contribution in [3.05, 3.63) is 23.4 Å². The summed E-state index contributed by atoms with van der Waals surface area (Å²) in [6.45, 7) is 9.36. The molecule has 2 N–H and O–H groups in total. The van der Waals surface area contributed by atoms with E-state index in [2.05, 4.69) is 43.3 Å². The SMILES string of the molecule is CCCNc1cc(C(=O)NC2CC2CC)cc(C(C)C)n1. The summed E-state index contributed by atoms with van der Waals surface area (Å²) < 4.78 is 0. The first-order valence-corrected chi connectivity index (χ1v) is 8.11. The summed E-state index contributed by atoms with van der Waals surface area (Å²) in [6, 6.07) is 4.14. The lowest BCUT2D eigenvalue weighted by Crippen LogP contribution is -2.27. The van der Waals surface area contributed by atoms with Crippen molar-refractivity contribution in [3.63, 3.8) is 0 Å². The largest absolute Gasteiger partial charge is 0.370 e. The summed E-state index contributed by atoms with van der Waals surface area (Å²) in [5.41, 5.74) is 1.68. The Morgan fingerprint density at radius 2 is 2.14 bits per heavy atom. The van der Waals surface area contributed by atoms with Crippen LogP contribution in [0.3, 0.4) is 0 Å². The maximum absolute atomic E-state index is 12.4. The average Bonchev–Trinajstić information content (AvgIpc) is 3.22. The maximum Gasteiger partial charge on any atom is 0.251 e. The van der Waals surface area contributed by atoms with Gasteiger partial charge in [-0.05, 0) is 36.8 Å². The number of hydrogen-bond donors (Lipinski definition) is 2. The van der Waals surface area contributed by atoms with Crippen LogP contribution < -0.4 is 10.6 Å². The van der Waals surface area contributed by atoms with Crippen molar-refractivity contribution in [2.75, 3.05) is 11.9 Å². The molecule has 1 fully saturated rings. The van der Waals surface area contributed by atoms with Gasteiger partial charge in [-0.25, -0.2) is 4.98 Å². The van der Waals surface area contributed by atoms with Crippen LogP contribution in [0.4, 0.5) is 5.82 Å². The zero-order chi connectivity index (χ0) is 15.4. The van der Waals surface area contributed by atoms with Crippen molar-refractivity contribution in [2.45, 2.75) is 58.9 Å². The fourth-order valence-corrected chi connectivity index (χ4v) is 2.45. The summed E-state index contributed by atoms with van der Waals surface area (Å²) in [5, 5.41) is 6.41. The number of carbonyl (C=O) groups excluding carboxylic acids is 1. The Morgan fingerprint density at radius 1 is 1.38 bits per heavy atom. The Morgan fingerprint density at radius 3 is 2.71 bits per heavy atom. The highest BCUT2D eigenvalue weighted by atomic mass is 16.1. The van der Waals surface area contributed by atoms with Gasteiger partial charge in [0.15, 0.2) is 0 Å². The molecule has 116 valence electrons. The second-order valence-electron chi connectivity index (χ2n) is 6.23. The quantitative estimate of drug-likeness (QED) is 0.807. The lowest BCUT2D eigenvalue weighted by Gasteiger charge is -2.12. The molecule has 2 unspecified atom stereocenters. The van der Waals surface area contributed by atoms with Gasteiger partial charge in [-0.15, -0.1) is 0 Å². The molecule has 21 heavy (non-hydrogen) atoms. The van der Waals surface area contributed by atoms with Crippen LogP contribution in [0.5, 0.6) is 0 Å².